The molecule has 5 amide bonds. The number of nitrogens with zero attached hydrogens (tertiary/aromatic N) is 2. The summed E-state index contributed by atoms with van der Waals surface area (Å²) in [6, 6.07) is -1.09. The lowest BCUT2D eigenvalue weighted by molar-refractivity contribution is -0.157. The number of nitrogens with two attached hydrogens (primary N) is 1. The van der Waals surface area contributed by atoms with Crippen LogP contribution in [0.1, 0.15) is 138 Å². The Labute approximate surface area is 374 Å². The fourth-order valence-electron chi connectivity index (χ4n) is 8.92. The molecule has 2 saturated heterocycles. The van der Waals surface area contributed by atoms with Gasteiger partial charge in [-0.1, -0.05) is 21.3 Å². The van der Waals surface area contributed by atoms with Crippen molar-refractivity contribution < 1.29 is 54.7 Å². The molecule has 2 atom stereocenters. The number of methoxy groups -OCH3 is 1. The number of amides is 5. The Morgan fingerprint density at radius 3 is 1.08 bits per heavy atom. The molecule has 3 radical (unpaired) electrons. The van der Waals surface area contributed by atoms with Gasteiger partial charge in [-0.25, -0.2) is 9.59 Å². The second-order valence-electron chi connectivity index (χ2n) is 15.8. The van der Waals surface area contributed by atoms with Crippen molar-refractivity contribution in [3.63, 3.8) is 0 Å². The van der Waals surface area contributed by atoms with Gasteiger partial charge in [-0.2, -0.15) is 0 Å². The molecule has 3 saturated carbocycles. The minimum Gasteiger partial charge on any atom is -0.481 e. The first kappa shape index (κ1) is 59.9. The lowest BCUT2D eigenvalue weighted by Gasteiger charge is -2.37. The number of hydrogen-bond acceptors (Lipinski definition) is 10. The van der Waals surface area contributed by atoms with Crippen LogP contribution >= 0.6 is 0 Å². The summed E-state index contributed by atoms with van der Waals surface area (Å²) in [4.78, 5) is 96.8. The standard InChI is InChI=1S/C16H26N2O4.C15H24N2O4.C9H15NO3.C2H6.CH5N.CH4.B.H2/c1-17-14(19)11-6-8-12(9-7-11)15(20)18-10-4-3-5-13(18)16(21)22-2;1-16-13(18)10-5-7-11(8-6-10)14(19)17-9-3-2-4-12(17)15(20)21;1-10-8(11)6-2-4-7(5-3-6)9(12)13;2*1-2;;;/h11-13H,3-10H2,1-2H3,(H,17,19);10-12H,2-9H2,1H3,(H,16,18)(H,20,21);6-7H,2-5H2,1H3,(H,10,11)(H,12,13);1-2H3;2H2,1H3;1H4;;1H/i;;;;;;;1+1. The zero-order valence-electron chi connectivity index (χ0n) is 37.9. The van der Waals surface area contributed by atoms with Gasteiger partial charge in [0.2, 0.25) is 29.5 Å². The van der Waals surface area contributed by atoms with Crippen LogP contribution in [-0.2, 0) is 43.1 Å². The third-order valence-corrected chi connectivity index (χ3v) is 12.4. The van der Waals surface area contributed by atoms with E-state index >= 15 is 0 Å². The van der Waals surface area contributed by atoms with Gasteiger partial charge in [-0.15, -0.1) is 0 Å². The van der Waals surface area contributed by atoms with Crippen LogP contribution in [0.15, 0.2) is 0 Å². The topological polar surface area (TPSA) is 255 Å². The van der Waals surface area contributed by atoms with Crippen molar-refractivity contribution in [1.29, 1.82) is 0 Å². The Kier molecular flexibility index (Phi) is 31.3. The molecule has 2 aliphatic heterocycles. The maximum Gasteiger partial charge on any atom is 0.328 e. The van der Waals surface area contributed by atoms with Gasteiger partial charge in [0.1, 0.15) is 12.1 Å². The summed E-state index contributed by atoms with van der Waals surface area (Å²) in [5.74, 6) is -2.13. The number of carboxylic acids is 2. The van der Waals surface area contributed by atoms with Gasteiger partial charge >= 0.3 is 17.9 Å². The van der Waals surface area contributed by atoms with Crippen LogP contribution in [0.3, 0.4) is 0 Å². The SMILES string of the molecule is C.CC.CN.CNC(=O)C1CCC(C(=O)N2CCCCC2C(=O)O)CC1.CNC(=O)C1CCC(C(=O)N2CCCCC2C(=O)OC)CC1.CNC(=O)C1CCC(C(=O)O)CC1.[2HH].[B]. The van der Waals surface area contributed by atoms with E-state index < -0.39 is 24.0 Å². The van der Waals surface area contributed by atoms with Crippen molar-refractivity contribution in [2.45, 2.75) is 149 Å². The Morgan fingerprint density at radius 1 is 0.500 bits per heavy atom. The smallest absolute Gasteiger partial charge is 0.328 e. The maximum atomic E-state index is 12.7. The van der Waals surface area contributed by atoms with Crippen molar-refractivity contribution in [2.24, 2.45) is 41.2 Å². The highest BCUT2D eigenvalue weighted by molar-refractivity contribution is 5.87. The highest BCUT2D eigenvalue weighted by Gasteiger charge is 2.39. The molecule has 18 heteroatoms. The molecule has 2 heterocycles. The number of likely N-dealkylation sites (tertiary alicyclic amines) is 2. The molecule has 0 aromatic carbocycles. The highest BCUT2D eigenvalue weighted by Crippen LogP contribution is 2.34. The maximum absolute atomic E-state index is 12.7. The monoisotopic (exact) mass is 883 g/mol. The minimum atomic E-state index is -0.901. The number of carboxylic acid groups (broad SMARTS) is 2. The fraction of sp³-hybridized carbons (Fsp3) is 0.818. The molecule has 5 rings (SSSR count). The number of rotatable bonds is 8. The average molecular weight is 883 g/mol. The molecule has 7 N–H and O–H groups in total. The van der Waals surface area contributed by atoms with Crippen LogP contribution < -0.4 is 21.7 Å². The molecule has 2 unspecified atom stereocenters. The molecule has 17 nitrogen and oxygen atoms in total. The Morgan fingerprint density at radius 2 is 0.790 bits per heavy atom. The molecule has 62 heavy (non-hydrogen) atoms. The van der Waals surface area contributed by atoms with Crippen molar-refractivity contribution in [3.8, 4) is 0 Å². The first-order valence-corrected chi connectivity index (χ1v) is 22.1. The van der Waals surface area contributed by atoms with Crippen LogP contribution in [0.5, 0.6) is 0 Å². The van der Waals surface area contributed by atoms with E-state index in [0.29, 0.717) is 77.3 Å². The van der Waals surface area contributed by atoms with Gasteiger partial charge in [-0.05, 0) is 123 Å². The van der Waals surface area contributed by atoms with E-state index in [0.717, 1.165) is 51.4 Å². The van der Waals surface area contributed by atoms with Crippen molar-refractivity contribution in [2.75, 3.05) is 48.4 Å². The number of carbonyl (C=O) groups excluding carboxylic acids is 6. The van der Waals surface area contributed by atoms with Crippen LogP contribution in [0.4, 0.5) is 0 Å². The van der Waals surface area contributed by atoms with E-state index in [2.05, 4.69) is 21.7 Å². The van der Waals surface area contributed by atoms with E-state index in [4.69, 9.17) is 9.84 Å². The number of hydrogen-bond donors (Lipinski definition) is 6. The molecule has 5 aliphatic rings. The lowest BCUT2D eigenvalue weighted by Crippen LogP contribution is -2.51. The van der Waals surface area contributed by atoms with E-state index in [1.54, 1.807) is 30.9 Å². The van der Waals surface area contributed by atoms with Crippen LogP contribution in [0, 0.1) is 35.5 Å². The van der Waals surface area contributed by atoms with E-state index in [9.17, 15) is 43.5 Å². The zero-order chi connectivity index (χ0) is 45.4. The molecule has 0 aromatic rings. The van der Waals surface area contributed by atoms with Crippen molar-refractivity contribution in [3.05, 3.63) is 0 Å². The normalized spacial score (nSPS) is 26.4. The number of esters is 1. The minimum absolute atomic E-state index is 0. The third kappa shape index (κ3) is 18.2. The molecule has 3 aliphatic carbocycles. The van der Waals surface area contributed by atoms with Gasteiger partial charge in [0, 0.05) is 73.7 Å². The van der Waals surface area contributed by atoms with Gasteiger partial charge in [0.05, 0.1) is 13.0 Å². The second-order valence-corrected chi connectivity index (χ2v) is 15.8. The second kappa shape index (κ2) is 32.5. The summed E-state index contributed by atoms with van der Waals surface area (Å²) in [6.45, 7) is 5.18. The summed E-state index contributed by atoms with van der Waals surface area (Å²) in [5, 5.41) is 25.9. The van der Waals surface area contributed by atoms with Crippen molar-refractivity contribution >= 4 is 55.9 Å². The number of aliphatic carboxylic acids is 2. The summed E-state index contributed by atoms with van der Waals surface area (Å²) in [5.41, 5.74) is 4.50. The zero-order valence-corrected chi connectivity index (χ0v) is 37.9. The Hall–Kier alpha value is -4.22. The average Bonchev–Trinajstić information content (AvgIpc) is 3.31. The number of nitrogens with one attached hydrogen (secondary N) is 3. The molecule has 357 valence electrons. The van der Waals surface area contributed by atoms with Crippen molar-refractivity contribution in [1.82, 2.24) is 25.8 Å². The van der Waals surface area contributed by atoms with Gasteiger partial charge < -0.3 is 46.4 Å². The predicted molar refractivity (Wildman–Crippen MR) is 241 cm³/mol. The van der Waals surface area contributed by atoms with Gasteiger partial charge in [0.15, 0.2) is 0 Å². The molecule has 0 bridgehead atoms. The number of piperidine rings is 2. The fourth-order valence-corrected chi connectivity index (χ4v) is 8.92. The Balaban J connectivity index is -0.000000827. The predicted octanol–water partition coefficient (Wildman–Crippen LogP) is 3.82. The van der Waals surface area contributed by atoms with Crippen LogP contribution in [-0.4, -0.2) is 136 Å². The summed E-state index contributed by atoms with van der Waals surface area (Å²) in [6.07, 6.45) is 13.3. The molecular formula is C44H82BN6O11. The summed E-state index contributed by atoms with van der Waals surface area (Å²) in [7, 11) is 7.76. The quantitative estimate of drug-likeness (QED) is 0.150. The lowest BCUT2D eigenvalue weighted by atomic mass is 9.80. The van der Waals surface area contributed by atoms with Crippen LogP contribution in [0.25, 0.3) is 0 Å². The Bertz CT molecular complexity index is 1390. The molecule has 5 fully saturated rings. The van der Waals surface area contributed by atoms with E-state index in [1.165, 1.54) is 14.2 Å². The van der Waals surface area contributed by atoms with Gasteiger partial charge in [0.25, 0.3) is 0 Å². The van der Waals surface area contributed by atoms with Crippen LogP contribution in [0.2, 0.25) is 0 Å². The largest absolute Gasteiger partial charge is 0.481 e. The van der Waals surface area contributed by atoms with E-state index in [1.807, 2.05) is 13.8 Å². The molecule has 0 aromatic heterocycles. The summed E-state index contributed by atoms with van der Waals surface area (Å²) >= 11 is 0. The van der Waals surface area contributed by atoms with E-state index in [-0.39, 0.29) is 88.3 Å². The third-order valence-electron chi connectivity index (χ3n) is 12.4. The number of ether oxygens (including phenoxy) is 1. The first-order chi connectivity index (χ1) is 28.8. The highest BCUT2D eigenvalue weighted by atomic mass is 16.5. The molecular weight excluding hydrogens is 799 g/mol. The molecule has 0 spiro atoms. The van der Waals surface area contributed by atoms with Gasteiger partial charge in [-0.3, -0.25) is 28.8 Å². The summed E-state index contributed by atoms with van der Waals surface area (Å²) < 4.78 is 4.83. The first-order valence-electron chi connectivity index (χ1n) is 22.1. The number of carbonyl (C=O) groups is 8.